The Morgan fingerprint density at radius 2 is 1.73 bits per heavy atom. The maximum atomic E-state index is 13.2. The minimum Gasteiger partial charge on any atom is -0.393 e. The number of hydrogen-bond donors (Lipinski definition) is 5. The summed E-state index contributed by atoms with van der Waals surface area (Å²) in [4.78, 5) is 13.2. The molecule has 4 aliphatic carbocycles. The van der Waals surface area contributed by atoms with Crippen LogP contribution < -0.4 is 0 Å². The molecule has 0 aliphatic heterocycles. The van der Waals surface area contributed by atoms with Gasteiger partial charge in [0.05, 0.1) is 29.0 Å². The fourth-order valence-electron chi connectivity index (χ4n) is 8.27. The number of ketones is 1. The molecule has 0 saturated heterocycles. The van der Waals surface area contributed by atoms with Crippen LogP contribution in [0.3, 0.4) is 0 Å². The van der Waals surface area contributed by atoms with Gasteiger partial charge in [0, 0.05) is 11.3 Å². The normalized spacial score (nSPS) is 46.0. The van der Waals surface area contributed by atoms with Crippen LogP contribution in [-0.2, 0) is 4.79 Å². The number of aliphatic hydroxyl groups excluding tert-OH is 2. The van der Waals surface area contributed by atoms with Gasteiger partial charge >= 0.3 is 0 Å². The number of rotatable bonds is 5. The average molecular weight is 465 g/mol. The third-order valence-electron chi connectivity index (χ3n) is 10.5. The monoisotopic (exact) mass is 464 g/mol. The van der Waals surface area contributed by atoms with Crippen molar-refractivity contribution in [2.75, 3.05) is 0 Å². The first kappa shape index (κ1) is 25.3. The lowest BCUT2D eigenvalue weighted by molar-refractivity contribution is -0.172. The summed E-state index contributed by atoms with van der Waals surface area (Å²) in [7, 11) is 0. The minimum absolute atomic E-state index is 0.0144. The molecule has 1 unspecified atom stereocenters. The second-order valence-electron chi connectivity index (χ2n) is 13.0. The van der Waals surface area contributed by atoms with Gasteiger partial charge in [-0.15, -0.1) is 0 Å². The third-order valence-corrected chi connectivity index (χ3v) is 10.5. The van der Waals surface area contributed by atoms with Crippen molar-refractivity contribution in [2.45, 2.75) is 121 Å². The third kappa shape index (κ3) is 3.76. The fraction of sp³-hybridized carbons (Fsp3) is 0.889. The summed E-state index contributed by atoms with van der Waals surface area (Å²) in [6, 6.07) is 0. The molecule has 6 heteroatoms. The van der Waals surface area contributed by atoms with Crippen LogP contribution in [0.2, 0.25) is 0 Å². The molecular weight excluding hydrogens is 420 g/mol. The topological polar surface area (TPSA) is 118 Å². The zero-order valence-electron chi connectivity index (χ0n) is 21.0. The Bertz CT molecular complexity index is 827. The first-order valence-corrected chi connectivity index (χ1v) is 12.9. The number of aliphatic hydroxyl groups is 5. The molecule has 188 valence electrons. The minimum atomic E-state index is -1.42. The molecule has 9 atom stereocenters. The van der Waals surface area contributed by atoms with Gasteiger partial charge in [-0.05, 0) is 107 Å². The summed E-state index contributed by atoms with van der Waals surface area (Å²) >= 11 is 0. The molecular formula is C27H44O6. The maximum absolute atomic E-state index is 13.2. The van der Waals surface area contributed by atoms with Gasteiger partial charge in [-0.1, -0.05) is 13.8 Å². The van der Waals surface area contributed by atoms with Crippen molar-refractivity contribution < 1.29 is 30.3 Å². The Kier molecular flexibility index (Phi) is 6.03. The number of allylic oxidation sites excluding steroid dienone is 1. The number of carbonyl (C=O) groups excluding carboxylic acids is 1. The second-order valence-corrected chi connectivity index (χ2v) is 13.0. The quantitative estimate of drug-likeness (QED) is 0.427. The van der Waals surface area contributed by atoms with Gasteiger partial charge in [-0.2, -0.15) is 0 Å². The van der Waals surface area contributed by atoms with Crippen LogP contribution in [-0.4, -0.2) is 60.3 Å². The van der Waals surface area contributed by atoms with E-state index >= 15 is 0 Å². The highest BCUT2D eigenvalue weighted by Gasteiger charge is 2.68. The second kappa shape index (κ2) is 7.86. The van der Waals surface area contributed by atoms with Crippen LogP contribution in [0.5, 0.6) is 0 Å². The van der Waals surface area contributed by atoms with E-state index in [0.29, 0.717) is 38.5 Å². The highest BCUT2D eigenvalue weighted by molar-refractivity contribution is 5.95. The van der Waals surface area contributed by atoms with Crippen LogP contribution in [0.4, 0.5) is 0 Å². The summed E-state index contributed by atoms with van der Waals surface area (Å²) in [5.74, 6) is -0.426. The first-order chi connectivity index (χ1) is 15.1. The first-order valence-electron chi connectivity index (χ1n) is 12.9. The lowest BCUT2D eigenvalue weighted by atomic mass is 9.46. The van der Waals surface area contributed by atoms with Crippen molar-refractivity contribution in [1.82, 2.24) is 0 Å². The van der Waals surface area contributed by atoms with E-state index in [1.54, 1.807) is 26.8 Å². The molecule has 6 nitrogen and oxygen atoms in total. The van der Waals surface area contributed by atoms with Gasteiger partial charge in [-0.25, -0.2) is 0 Å². The van der Waals surface area contributed by atoms with E-state index < -0.39 is 34.4 Å². The Morgan fingerprint density at radius 1 is 1.06 bits per heavy atom. The zero-order valence-corrected chi connectivity index (χ0v) is 21.0. The van der Waals surface area contributed by atoms with Gasteiger partial charge in [0.15, 0.2) is 5.78 Å². The predicted octanol–water partition coefficient (Wildman–Crippen LogP) is 2.88. The molecule has 0 aromatic rings. The van der Waals surface area contributed by atoms with Crippen molar-refractivity contribution in [3.05, 3.63) is 11.6 Å². The number of hydrogen-bond acceptors (Lipinski definition) is 6. The Morgan fingerprint density at radius 3 is 2.36 bits per heavy atom. The van der Waals surface area contributed by atoms with Crippen molar-refractivity contribution in [3.8, 4) is 0 Å². The van der Waals surface area contributed by atoms with Crippen LogP contribution in [0, 0.1) is 28.6 Å². The molecule has 0 bridgehead atoms. The summed E-state index contributed by atoms with van der Waals surface area (Å²) in [6.45, 7) is 9.22. The average Bonchev–Trinajstić information content (AvgIpc) is 2.99. The molecule has 4 aliphatic rings. The van der Waals surface area contributed by atoms with E-state index in [2.05, 4.69) is 6.92 Å². The summed E-state index contributed by atoms with van der Waals surface area (Å²) < 4.78 is 0. The Balaban J connectivity index is 1.65. The Labute approximate surface area is 198 Å². The van der Waals surface area contributed by atoms with Crippen molar-refractivity contribution in [1.29, 1.82) is 0 Å². The Hall–Kier alpha value is -0.790. The van der Waals surface area contributed by atoms with Crippen molar-refractivity contribution >= 4 is 5.78 Å². The molecule has 0 aromatic heterocycles. The van der Waals surface area contributed by atoms with Crippen molar-refractivity contribution in [2.24, 2.45) is 28.6 Å². The van der Waals surface area contributed by atoms with Gasteiger partial charge < -0.3 is 25.5 Å². The van der Waals surface area contributed by atoms with E-state index in [-0.39, 0.29) is 35.4 Å². The maximum Gasteiger partial charge on any atom is 0.159 e. The lowest BCUT2D eigenvalue weighted by Gasteiger charge is -2.60. The largest absolute Gasteiger partial charge is 0.393 e. The van der Waals surface area contributed by atoms with Crippen LogP contribution in [0.1, 0.15) is 92.4 Å². The zero-order chi connectivity index (χ0) is 24.6. The van der Waals surface area contributed by atoms with E-state index in [9.17, 15) is 30.3 Å². The molecule has 5 N–H and O–H groups in total. The molecule has 3 fully saturated rings. The molecule has 4 rings (SSSR count). The van der Waals surface area contributed by atoms with Gasteiger partial charge in [0.25, 0.3) is 0 Å². The fourth-order valence-corrected chi connectivity index (χ4v) is 8.27. The SMILES string of the molecule is CC(C)(O)CC[C@@H](O)[C@@](C)(O)[C@@H]1CCC2(O)C3=CC(=O)[C@@H]4C[C@@H](O)CC[C@]4(C)[C@H]3CC[C@]12C. The number of carbonyl (C=O) groups is 1. The summed E-state index contributed by atoms with van der Waals surface area (Å²) in [5.41, 5.74) is -3.64. The van der Waals surface area contributed by atoms with E-state index in [4.69, 9.17) is 0 Å². The highest BCUT2D eigenvalue weighted by Crippen LogP contribution is 2.68. The summed E-state index contributed by atoms with van der Waals surface area (Å²) in [6.07, 6.45) is 5.38. The van der Waals surface area contributed by atoms with Gasteiger partial charge in [0.2, 0.25) is 0 Å². The van der Waals surface area contributed by atoms with E-state index in [1.165, 1.54) is 0 Å². The molecule has 0 heterocycles. The standard InChI is InChI=1S/C27H44O6/c1-23(2,31)10-9-22(30)26(5,32)21-8-13-27(33)18-15-20(29)19-14-16(28)6-11-24(19,3)17(18)7-12-25(21,27)4/h15-17,19,21-22,28,30-33H,6-14H2,1-5H3/t16-,17-,19-,21+,22+,24+,25+,26-,27?/m0/s1. The molecule has 0 spiro atoms. The highest BCUT2D eigenvalue weighted by atomic mass is 16.3. The molecule has 0 radical (unpaired) electrons. The molecule has 33 heavy (non-hydrogen) atoms. The molecule has 0 aromatic carbocycles. The van der Waals surface area contributed by atoms with Crippen LogP contribution in [0.15, 0.2) is 11.6 Å². The van der Waals surface area contributed by atoms with E-state index in [1.807, 2.05) is 6.92 Å². The molecule has 0 amide bonds. The van der Waals surface area contributed by atoms with Crippen molar-refractivity contribution in [3.63, 3.8) is 0 Å². The summed E-state index contributed by atoms with van der Waals surface area (Å²) in [5, 5.41) is 55.0. The van der Waals surface area contributed by atoms with E-state index in [0.717, 1.165) is 18.4 Å². The molecule has 3 saturated carbocycles. The van der Waals surface area contributed by atoms with Gasteiger partial charge in [0.1, 0.15) is 0 Å². The smallest absolute Gasteiger partial charge is 0.159 e. The lowest BCUT2D eigenvalue weighted by Crippen LogP contribution is -2.62. The van der Waals surface area contributed by atoms with Crippen LogP contribution >= 0.6 is 0 Å². The van der Waals surface area contributed by atoms with Crippen LogP contribution in [0.25, 0.3) is 0 Å². The predicted molar refractivity (Wildman–Crippen MR) is 125 cm³/mol. The number of fused-ring (bicyclic) bond motifs is 5. The van der Waals surface area contributed by atoms with Gasteiger partial charge in [-0.3, -0.25) is 4.79 Å².